The smallest absolute Gasteiger partial charge is 0.238 e. The molecule has 0 aliphatic heterocycles. The van der Waals surface area contributed by atoms with Crippen molar-refractivity contribution in [3.63, 3.8) is 0 Å². The third-order valence-corrected chi connectivity index (χ3v) is 2.40. The van der Waals surface area contributed by atoms with Crippen molar-refractivity contribution in [2.75, 3.05) is 0 Å². The highest BCUT2D eigenvalue weighted by atomic mass is 35.5. The van der Waals surface area contributed by atoms with Gasteiger partial charge in [0.05, 0.1) is 30.2 Å². The van der Waals surface area contributed by atoms with Gasteiger partial charge in [0.25, 0.3) is 0 Å². The number of rotatable bonds is 4. The highest BCUT2D eigenvalue weighted by Gasteiger charge is 2.05. The van der Waals surface area contributed by atoms with E-state index in [0.717, 1.165) is 0 Å². The van der Waals surface area contributed by atoms with E-state index >= 15 is 0 Å². The van der Waals surface area contributed by atoms with Crippen molar-refractivity contribution in [1.82, 2.24) is 19.7 Å². The second-order valence-corrected chi connectivity index (χ2v) is 4.10. The molecule has 2 rings (SSSR count). The van der Waals surface area contributed by atoms with Crippen molar-refractivity contribution in [3.05, 3.63) is 30.5 Å². The second kappa shape index (κ2) is 5.14. The van der Waals surface area contributed by atoms with Gasteiger partial charge in [-0.05, 0) is 13.8 Å². The molecule has 5 nitrogen and oxygen atoms in total. The summed E-state index contributed by atoms with van der Waals surface area (Å²) in [7, 11) is 0. The van der Waals surface area contributed by atoms with E-state index in [-0.39, 0.29) is 0 Å². The van der Waals surface area contributed by atoms with Gasteiger partial charge in [-0.15, -0.1) is 11.6 Å². The Morgan fingerprint density at radius 3 is 2.82 bits per heavy atom. The van der Waals surface area contributed by atoms with E-state index in [2.05, 4.69) is 15.1 Å². The number of aromatic nitrogens is 4. The average Bonchev–Trinajstić information content (AvgIpc) is 2.78. The molecule has 0 amide bonds. The van der Waals surface area contributed by atoms with Crippen molar-refractivity contribution in [2.45, 2.75) is 25.8 Å². The van der Waals surface area contributed by atoms with E-state index in [4.69, 9.17) is 16.3 Å². The van der Waals surface area contributed by atoms with E-state index in [1.807, 2.05) is 24.7 Å². The Balaban J connectivity index is 2.13. The summed E-state index contributed by atoms with van der Waals surface area (Å²) in [5, 5.41) is 4.17. The van der Waals surface area contributed by atoms with Gasteiger partial charge in [-0.25, -0.2) is 4.98 Å². The first-order valence-electron chi connectivity index (χ1n) is 5.28. The molecule has 17 heavy (non-hydrogen) atoms. The van der Waals surface area contributed by atoms with Crippen LogP contribution in [0.15, 0.2) is 24.8 Å². The lowest BCUT2D eigenvalue weighted by molar-refractivity contribution is 0.455. The SMILES string of the molecule is CC(C)n1cc(Oc2cncc(CCl)n2)cn1. The third-order valence-electron chi connectivity index (χ3n) is 2.13. The fourth-order valence-corrected chi connectivity index (χ4v) is 1.41. The van der Waals surface area contributed by atoms with Crippen molar-refractivity contribution in [3.8, 4) is 11.6 Å². The summed E-state index contributed by atoms with van der Waals surface area (Å²) in [6.07, 6.45) is 6.62. The first-order chi connectivity index (χ1) is 8.19. The quantitative estimate of drug-likeness (QED) is 0.785. The Bertz CT molecular complexity index is 498. The zero-order valence-electron chi connectivity index (χ0n) is 9.67. The van der Waals surface area contributed by atoms with Gasteiger partial charge in [0.1, 0.15) is 0 Å². The maximum Gasteiger partial charge on any atom is 0.238 e. The van der Waals surface area contributed by atoms with Crippen LogP contribution in [-0.4, -0.2) is 19.7 Å². The van der Waals surface area contributed by atoms with Crippen molar-refractivity contribution in [1.29, 1.82) is 0 Å². The topological polar surface area (TPSA) is 52.8 Å². The molecule has 90 valence electrons. The largest absolute Gasteiger partial charge is 0.434 e. The van der Waals surface area contributed by atoms with Gasteiger partial charge >= 0.3 is 0 Å². The minimum absolute atomic E-state index is 0.299. The molecule has 0 spiro atoms. The summed E-state index contributed by atoms with van der Waals surface area (Å²) < 4.78 is 7.35. The summed E-state index contributed by atoms with van der Waals surface area (Å²) in [5.41, 5.74) is 0.681. The van der Waals surface area contributed by atoms with E-state index in [9.17, 15) is 0 Å². The molecule has 2 aromatic rings. The first-order valence-corrected chi connectivity index (χ1v) is 5.81. The fraction of sp³-hybridized carbons (Fsp3) is 0.364. The van der Waals surface area contributed by atoms with E-state index < -0.39 is 0 Å². The summed E-state index contributed by atoms with van der Waals surface area (Å²) in [6, 6.07) is 0.299. The van der Waals surface area contributed by atoms with Crippen LogP contribution in [0.5, 0.6) is 11.6 Å². The predicted molar refractivity (Wildman–Crippen MR) is 64.3 cm³/mol. The van der Waals surface area contributed by atoms with Crippen LogP contribution in [0.4, 0.5) is 0 Å². The van der Waals surface area contributed by atoms with Crippen molar-refractivity contribution < 1.29 is 4.74 Å². The summed E-state index contributed by atoms with van der Waals surface area (Å²) >= 11 is 5.67. The van der Waals surface area contributed by atoms with Gasteiger partial charge in [0.2, 0.25) is 5.88 Å². The van der Waals surface area contributed by atoms with Crippen LogP contribution in [0.2, 0.25) is 0 Å². The molecule has 0 fully saturated rings. The Hall–Kier alpha value is -1.62. The van der Waals surface area contributed by atoms with Crippen LogP contribution >= 0.6 is 11.6 Å². The predicted octanol–water partition coefficient (Wildman–Crippen LogP) is 2.79. The number of alkyl halides is 1. The van der Waals surface area contributed by atoms with Gasteiger partial charge in [-0.2, -0.15) is 5.10 Å². The Morgan fingerprint density at radius 1 is 1.35 bits per heavy atom. The second-order valence-electron chi connectivity index (χ2n) is 3.83. The molecule has 2 heterocycles. The normalized spacial score (nSPS) is 10.8. The van der Waals surface area contributed by atoms with Crippen LogP contribution < -0.4 is 4.74 Å². The molecular formula is C11H13ClN4O. The molecule has 0 aromatic carbocycles. The lowest BCUT2D eigenvalue weighted by Gasteiger charge is -2.04. The van der Waals surface area contributed by atoms with E-state index in [1.54, 1.807) is 18.6 Å². The number of halogens is 1. The first kappa shape index (κ1) is 11.9. The van der Waals surface area contributed by atoms with E-state index in [1.165, 1.54) is 0 Å². The zero-order chi connectivity index (χ0) is 12.3. The number of ether oxygens (including phenoxy) is 1. The summed E-state index contributed by atoms with van der Waals surface area (Å²) in [4.78, 5) is 8.18. The van der Waals surface area contributed by atoms with Gasteiger partial charge in [-0.1, -0.05) is 0 Å². The number of hydrogen-bond donors (Lipinski definition) is 0. The van der Waals surface area contributed by atoms with Crippen molar-refractivity contribution >= 4 is 11.6 Å². The molecular weight excluding hydrogens is 240 g/mol. The Kier molecular flexibility index (Phi) is 3.58. The Morgan fingerprint density at radius 2 is 2.18 bits per heavy atom. The maximum absolute atomic E-state index is 5.67. The molecule has 0 bridgehead atoms. The highest BCUT2D eigenvalue weighted by Crippen LogP contribution is 2.19. The highest BCUT2D eigenvalue weighted by molar-refractivity contribution is 6.16. The summed E-state index contributed by atoms with van der Waals surface area (Å²) in [6.45, 7) is 4.09. The van der Waals surface area contributed by atoms with Crippen molar-refractivity contribution in [2.24, 2.45) is 0 Å². The molecule has 0 aliphatic carbocycles. The average molecular weight is 253 g/mol. The van der Waals surface area contributed by atoms with Gasteiger partial charge in [0, 0.05) is 12.2 Å². The molecule has 0 saturated carbocycles. The van der Waals surface area contributed by atoms with Crippen LogP contribution in [0.3, 0.4) is 0 Å². The maximum atomic E-state index is 5.67. The minimum atomic E-state index is 0.299. The Labute approximate surface area is 104 Å². The van der Waals surface area contributed by atoms with Gasteiger partial charge in [-0.3, -0.25) is 9.67 Å². The molecule has 0 aliphatic rings. The summed E-state index contributed by atoms with van der Waals surface area (Å²) in [5.74, 6) is 1.38. The van der Waals surface area contributed by atoms with Crippen LogP contribution in [0, 0.1) is 0 Å². The standard InChI is InChI=1S/C11H13ClN4O/c1-8(2)16-7-10(5-14-16)17-11-6-13-4-9(3-12)15-11/h4-8H,3H2,1-2H3. The van der Waals surface area contributed by atoms with Gasteiger partial charge in [0.15, 0.2) is 5.75 Å². The third kappa shape index (κ3) is 2.94. The zero-order valence-corrected chi connectivity index (χ0v) is 10.4. The monoisotopic (exact) mass is 252 g/mol. The lowest BCUT2D eigenvalue weighted by atomic mass is 10.4. The van der Waals surface area contributed by atoms with Crippen LogP contribution in [-0.2, 0) is 5.88 Å². The molecule has 0 N–H and O–H groups in total. The number of nitrogens with zero attached hydrogens (tertiary/aromatic N) is 4. The number of hydrogen-bond acceptors (Lipinski definition) is 4. The lowest BCUT2D eigenvalue weighted by Crippen LogP contribution is -1.99. The molecule has 2 aromatic heterocycles. The van der Waals surface area contributed by atoms with E-state index in [0.29, 0.717) is 29.2 Å². The minimum Gasteiger partial charge on any atom is -0.434 e. The molecule has 0 saturated heterocycles. The van der Waals surface area contributed by atoms with Gasteiger partial charge < -0.3 is 4.74 Å². The fourth-order valence-electron chi connectivity index (χ4n) is 1.28. The molecule has 0 atom stereocenters. The molecule has 6 heteroatoms. The molecule has 0 radical (unpaired) electrons. The molecule has 0 unspecified atom stereocenters. The van der Waals surface area contributed by atoms with Crippen LogP contribution in [0.1, 0.15) is 25.6 Å². The van der Waals surface area contributed by atoms with Crippen LogP contribution in [0.25, 0.3) is 0 Å².